The normalized spacial score (nSPS) is 26.5. The van der Waals surface area contributed by atoms with Gasteiger partial charge in [-0.1, -0.05) is 0 Å². The van der Waals surface area contributed by atoms with E-state index in [0.29, 0.717) is 28.5 Å². The fourth-order valence-electron chi connectivity index (χ4n) is 4.50. The molecule has 1 aromatic carbocycles. The number of benzene rings is 1. The maximum absolute atomic E-state index is 14.8. The smallest absolute Gasteiger partial charge is 0.147 e. The summed E-state index contributed by atoms with van der Waals surface area (Å²) >= 11 is 0. The lowest BCUT2D eigenvalue weighted by Crippen LogP contribution is -2.55. The number of anilines is 1. The van der Waals surface area contributed by atoms with E-state index in [1.54, 1.807) is 30.7 Å². The molecule has 0 spiro atoms. The maximum atomic E-state index is 14.8. The van der Waals surface area contributed by atoms with Gasteiger partial charge in [-0.15, -0.1) is 0 Å². The highest BCUT2D eigenvalue weighted by atomic mass is 19.1. The number of hydrogen-bond donors (Lipinski definition) is 2. The van der Waals surface area contributed by atoms with Crippen molar-refractivity contribution in [2.45, 2.75) is 43.6 Å². The first-order chi connectivity index (χ1) is 13.6. The molecule has 4 atom stereocenters. The third-order valence-corrected chi connectivity index (χ3v) is 6.08. The number of halogens is 1. The minimum atomic E-state index is -0.915. The van der Waals surface area contributed by atoms with Gasteiger partial charge in [0.05, 0.1) is 29.6 Å². The van der Waals surface area contributed by atoms with E-state index >= 15 is 0 Å². The van der Waals surface area contributed by atoms with Crippen LogP contribution in [-0.2, 0) is 0 Å². The number of nitrogens with zero attached hydrogens (tertiary/aromatic N) is 4. The van der Waals surface area contributed by atoms with Crippen LogP contribution in [0, 0.1) is 0 Å². The predicted octanol–water partition coefficient (Wildman–Crippen LogP) is 3.06. The molecule has 0 radical (unpaired) electrons. The quantitative estimate of drug-likeness (QED) is 0.729. The Hall–Kier alpha value is -2.80. The Morgan fingerprint density at radius 2 is 2.04 bits per heavy atom. The van der Waals surface area contributed by atoms with Crippen molar-refractivity contribution in [2.24, 2.45) is 0 Å². The second kappa shape index (κ2) is 6.67. The van der Waals surface area contributed by atoms with Crippen LogP contribution in [0.5, 0.6) is 5.75 Å². The average Bonchev–Trinajstić information content (AvgIpc) is 3.14. The number of fused-ring (bicyclic) bond motifs is 3. The van der Waals surface area contributed by atoms with E-state index < -0.39 is 6.17 Å². The Morgan fingerprint density at radius 3 is 2.86 bits per heavy atom. The number of phenolic OH excluding ortho intramolecular Hbond substituents is 1. The van der Waals surface area contributed by atoms with E-state index in [1.807, 2.05) is 24.1 Å². The van der Waals surface area contributed by atoms with Gasteiger partial charge in [0.25, 0.3) is 0 Å². The Kier molecular flexibility index (Phi) is 4.12. The zero-order valence-electron chi connectivity index (χ0n) is 15.6. The van der Waals surface area contributed by atoms with E-state index in [9.17, 15) is 9.50 Å². The Bertz CT molecular complexity index is 1010. The summed E-state index contributed by atoms with van der Waals surface area (Å²) in [7, 11) is 1.88. The molecule has 144 valence electrons. The molecule has 0 amide bonds. The van der Waals surface area contributed by atoms with Gasteiger partial charge in [0.15, 0.2) is 0 Å². The van der Waals surface area contributed by atoms with Gasteiger partial charge in [0.2, 0.25) is 0 Å². The molecule has 2 bridgehead atoms. The minimum Gasteiger partial charge on any atom is -0.507 e. The number of aromatic nitrogens is 3. The molecule has 2 N–H and O–H groups in total. The van der Waals surface area contributed by atoms with Gasteiger partial charge >= 0.3 is 0 Å². The number of aromatic hydroxyl groups is 1. The standard InChI is InChI=1S/C21H22FN5O/c1-27(18-9-12-4-6-16(26-12)20(18)22)19-11-24-17(10-25-19)14-5-7-15-13(21(14)28)3-2-8-23-15/h2-3,5,7-8,10-12,16,18,20,26,28H,4,6,9H2,1H3/t12-,16?,18-,20+/m0/s1. The molecule has 7 heteroatoms. The molecule has 2 saturated heterocycles. The minimum absolute atomic E-state index is 0.0541. The summed E-state index contributed by atoms with van der Waals surface area (Å²) < 4.78 is 14.8. The number of nitrogens with one attached hydrogen (secondary N) is 1. The van der Waals surface area contributed by atoms with Crippen molar-refractivity contribution in [2.75, 3.05) is 11.9 Å². The van der Waals surface area contributed by atoms with Gasteiger partial charge in [0, 0.05) is 36.3 Å². The zero-order valence-corrected chi connectivity index (χ0v) is 15.6. The van der Waals surface area contributed by atoms with Crippen molar-refractivity contribution < 1.29 is 9.50 Å². The molecule has 5 rings (SSSR count). The van der Waals surface area contributed by atoms with Crippen LogP contribution in [0.4, 0.5) is 10.2 Å². The predicted molar refractivity (Wildman–Crippen MR) is 106 cm³/mol. The summed E-state index contributed by atoms with van der Waals surface area (Å²) in [6, 6.07) is 7.39. The summed E-state index contributed by atoms with van der Waals surface area (Å²) in [6.45, 7) is 0. The van der Waals surface area contributed by atoms with Crippen LogP contribution >= 0.6 is 0 Å². The first kappa shape index (κ1) is 17.3. The summed E-state index contributed by atoms with van der Waals surface area (Å²) in [5, 5.41) is 14.6. The molecular formula is C21H22FN5O. The second-order valence-corrected chi connectivity index (χ2v) is 7.70. The highest BCUT2D eigenvalue weighted by Gasteiger charge is 2.43. The Labute approximate surface area is 162 Å². The third-order valence-electron chi connectivity index (χ3n) is 6.08. The van der Waals surface area contributed by atoms with E-state index in [4.69, 9.17) is 0 Å². The van der Waals surface area contributed by atoms with Crippen molar-refractivity contribution in [1.29, 1.82) is 0 Å². The molecule has 6 nitrogen and oxygen atoms in total. The summed E-state index contributed by atoms with van der Waals surface area (Å²) in [6.07, 6.45) is 6.77. The van der Waals surface area contributed by atoms with Gasteiger partial charge < -0.3 is 15.3 Å². The van der Waals surface area contributed by atoms with E-state index in [1.165, 1.54) is 0 Å². The summed E-state index contributed by atoms with van der Waals surface area (Å²) in [5.74, 6) is 0.777. The maximum Gasteiger partial charge on any atom is 0.147 e. The fraction of sp³-hybridized carbons (Fsp3) is 0.381. The molecule has 1 unspecified atom stereocenters. The molecule has 2 aliphatic rings. The van der Waals surface area contributed by atoms with Crippen LogP contribution in [0.15, 0.2) is 42.9 Å². The van der Waals surface area contributed by atoms with Crippen molar-refractivity contribution in [3.8, 4) is 17.0 Å². The summed E-state index contributed by atoms with van der Waals surface area (Å²) in [4.78, 5) is 15.1. The lowest BCUT2D eigenvalue weighted by atomic mass is 9.96. The van der Waals surface area contributed by atoms with Crippen LogP contribution in [0.1, 0.15) is 19.3 Å². The number of alkyl halides is 1. The first-order valence-electron chi connectivity index (χ1n) is 9.64. The van der Waals surface area contributed by atoms with Gasteiger partial charge in [-0.2, -0.15) is 0 Å². The second-order valence-electron chi connectivity index (χ2n) is 7.70. The van der Waals surface area contributed by atoms with Crippen LogP contribution in [0.3, 0.4) is 0 Å². The SMILES string of the molecule is CN(c1cnc(-c2ccc3ncccc3c2O)cn1)[C@H]1C[C@@H]2CCC(N2)[C@H]1F. The van der Waals surface area contributed by atoms with Crippen molar-refractivity contribution >= 4 is 16.7 Å². The molecule has 2 fully saturated rings. The topological polar surface area (TPSA) is 74.2 Å². The lowest BCUT2D eigenvalue weighted by molar-refractivity contribution is 0.176. The fourth-order valence-corrected chi connectivity index (χ4v) is 4.50. The highest BCUT2D eigenvalue weighted by Crippen LogP contribution is 2.35. The molecule has 3 aromatic rings. The molecule has 0 aliphatic carbocycles. The van der Waals surface area contributed by atoms with Gasteiger partial charge in [-0.25, -0.2) is 9.37 Å². The van der Waals surface area contributed by atoms with E-state index in [-0.39, 0.29) is 17.8 Å². The van der Waals surface area contributed by atoms with Crippen molar-refractivity contribution in [3.05, 3.63) is 42.9 Å². The average molecular weight is 379 g/mol. The molecule has 2 aromatic heterocycles. The molecular weight excluding hydrogens is 357 g/mol. The number of hydrogen-bond acceptors (Lipinski definition) is 6. The monoisotopic (exact) mass is 379 g/mol. The Morgan fingerprint density at radius 1 is 1.14 bits per heavy atom. The largest absolute Gasteiger partial charge is 0.507 e. The van der Waals surface area contributed by atoms with Crippen LogP contribution in [0.25, 0.3) is 22.2 Å². The number of rotatable bonds is 3. The molecule has 4 heterocycles. The lowest BCUT2D eigenvalue weighted by Gasteiger charge is -2.38. The van der Waals surface area contributed by atoms with Gasteiger partial charge in [0.1, 0.15) is 17.7 Å². The van der Waals surface area contributed by atoms with E-state index in [0.717, 1.165) is 24.8 Å². The molecule has 2 aliphatic heterocycles. The molecule has 28 heavy (non-hydrogen) atoms. The highest BCUT2D eigenvalue weighted by molar-refractivity contribution is 5.91. The third kappa shape index (κ3) is 2.77. The Balaban J connectivity index is 1.42. The van der Waals surface area contributed by atoms with Crippen LogP contribution in [0.2, 0.25) is 0 Å². The number of piperidine rings is 1. The summed E-state index contributed by atoms with van der Waals surface area (Å²) in [5.41, 5.74) is 1.90. The zero-order chi connectivity index (χ0) is 19.3. The van der Waals surface area contributed by atoms with Gasteiger partial charge in [-0.3, -0.25) is 9.97 Å². The molecule has 0 saturated carbocycles. The number of pyridine rings is 1. The number of phenols is 1. The van der Waals surface area contributed by atoms with Crippen molar-refractivity contribution in [3.63, 3.8) is 0 Å². The van der Waals surface area contributed by atoms with Crippen molar-refractivity contribution in [1.82, 2.24) is 20.3 Å². The van der Waals surface area contributed by atoms with Crippen LogP contribution in [-0.4, -0.2) is 51.4 Å². The first-order valence-corrected chi connectivity index (χ1v) is 9.64. The van der Waals surface area contributed by atoms with E-state index in [2.05, 4.69) is 20.3 Å². The van der Waals surface area contributed by atoms with Gasteiger partial charge in [-0.05, 0) is 43.5 Å². The van der Waals surface area contributed by atoms with Crippen LogP contribution < -0.4 is 10.2 Å².